The van der Waals surface area contributed by atoms with Crippen LogP contribution in [-0.4, -0.2) is 96.2 Å². The number of aromatic nitrogens is 2. The van der Waals surface area contributed by atoms with Crippen LogP contribution in [0.4, 0.5) is 0 Å². The molecule has 0 radical (unpaired) electrons. The van der Waals surface area contributed by atoms with Crippen LogP contribution in [0.5, 0.6) is 0 Å². The van der Waals surface area contributed by atoms with Crippen LogP contribution in [0, 0.1) is 0 Å². The lowest BCUT2D eigenvalue weighted by molar-refractivity contribution is -0.147. The molecule has 10 N–H and O–H groups in total. The van der Waals surface area contributed by atoms with E-state index in [4.69, 9.17) is 21.1 Å². The number of nitrogens with zero attached hydrogens (tertiary/aromatic N) is 1. The molecule has 0 bridgehead atoms. The maximum atomic E-state index is 12.9. The van der Waals surface area contributed by atoms with E-state index < -0.39 is 91.4 Å². The molecular weight excluding hydrogens is 488 g/mol. The zero-order chi connectivity index (χ0) is 27.4. The Kier molecular flexibility index (Phi) is 11.5. The monoisotopic (exact) mass is 514 g/mol. The number of rotatable bonds is 16. The highest BCUT2D eigenvalue weighted by Crippen LogP contribution is 2.05. The third-order valence-electron chi connectivity index (χ3n) is 4.62. The molecular formula is C19H26N6O11. The first-order chi connectivity index (χ1) is 16.8. The second-order valence-electron chi connectivity index (χ2n) is 7.54. The topological polar surface area (TPSA) is 291 Å². The molecule has 0 aliphatic carbocycles. The number of aliphatic carboxylic acids is 4. The average molecular weight is 514 g/mol. The van der Waals surface area contributed by atoms with E-state index in [1.54, 1.807) is 0 Å². The summed E-state index contributed by atoms with van der Waals surface area (Å²) in [6.07, 6.45) is -0.488. The zero-order valence-electron chi connectivity index (χ0n) is 18.7. The fourth-order valence-corrected chi connectivity index (χ4v) is 2.84. The van der Waals surface area contributed by atoms with Crippen molar-refractivity contribution < 1.29 is 54.0 Å². The van der Waals surface area contributed by atoms with Crippen molar-refractivity contribution in [2.45, 2.75) is 56.3 Å². The summed E-state index contributed by atoms with van der Waals surface area (Å²) < 4.78 is 0. The maximum Gasteiger partial charge on any atom is 0.326 e. The molecule has 4 unspecified atom stereocenters. The van der Waals surface area contributed by atoms with Crippen LogP contribution in [0.1, 0.15) is 31.4 Å². The Morgan fingerprint density at radius 1 is 0.806 bits per heavy atom. The molecule has 17 nitrogen and oxygen atoms in total. The highest BCUT2D eigenvalue weighted by atomic mass is 16.4. The Hall–Kier alpha value is -4.54. The van der Waals surface area contributed by atoms with Gasteiger partial charge < -0.3 is 47.1 Å². The summed E-state index contributed by atoms with van der Waals surface area (Å²) in [4.78, 5) is 88.2. The van der Waals surface area contributed by atoms with Gasteiger partial charge in [-0.25, -0.2) is 9.78 Å². The van der Waals surface area contributed by atoms with Gasteiger partial charge in [0, 0.05) is 24.7 Å². The first-order valence-electron chi connectivity index (χ1n) is 10.3. The molecule has 0 fully saturated rings. The summed E-state index contributed by atoms with van der Waals surface area (Å²) in [6.45, 7) is 0. The zero-order valence-corrected chi connectivity index (χ0v) is 18.7. The molecule has 3 amide bonds. The summed E-state index contributed by atoms with van der Waals surface area (Å²) in [5.74, 6) is -9.07. The summed E-state index contributed by atoms with van der Waals surface area (Å²) in [7, 11) is 0. The highest BCUT2D eigenvalue weighted by molar-refractivity contribution is 5.95. The Balaban J connectivity index is 3.10. The first-order valence-corrected chi connectivity index (χ1v) is 10.3. The number of amides is 3. The van der Waals surface area contributed by atoms with Gasteiger partial charge >= 0.3 is 23.9 Å². The van der Waals surface area contributed by atoms with Gasteiger partial charge in [-0.05, 0) is 6.42 Å². The van der Waals surface area contributed by atoms with E-state index in [-0.39, 0.29) is 6.42 Å². The van der Waals surface area contributed by atoms with Crippen LogP contribution < -0.4 is 21.7 Å². The van der Waals surface area contributed by atoms with Crippen LogP contribution in [0.25, 0.3) is 0 Å². The quantitative estimate of drug-likeness (QED) is 0.104. The van der Waals surface area contributed by atoms with Crippen molar-refractivity contribution in [3.05, 3.63) is 18.2 Å². The van der Waals surface area contributed by atoms with Crippen LogP contribution in [0.15, 0.2) is 12.5 Å². The van der Waals surface area contributed by atoms with Crippen molar-refractivity contribution in [1.29, 1.82) is 0 Å². The van der Waals surface area contributed by atoms with E-state index in [9.17, 15) is 38.7 Å². The molecule has 0 spiro atoms. The number of aromatic amines is 1. The average Bonchev–Trinajstić information content (AvgIpc) is 3.27. The minimum Gasteiger partial charge on any atom is -0.481 e. The lowest BCUT2D eigenvalue weighted by Gasteiger charge is -2.24. The molecule has 0 saturated carbocycles. The Bertz CT molecular complexity index is 981. The molecule has 1 rings (SSSR count). The number of hydrogen-bond donors (Lipinski definition) is 9. The predicted octanol–water partition coefficient (Wildman–Crippen LogP) is -3.37. The van der Waals surface area contributed by atoms with Crippen molar-refractivity contribution >= 4 is 41.6 Å². The summed E-state index contributed by atoms with van der Waals surface area (Å²) in [5, 5.41) is 42.2. The largest absolute Gasteiger partial charge is 0.481 e. The van der Waals surface area contributed by atoms with Crippen LogP contribution in [0.3, 0.4) is 0 Å². The summed E-state index contributed by atoms with van der Waals surface area (Å²) in [6, 6.07) is -6.45. The highest BCUT2D eigenvalue weighted by Gasteiger charge is 2.32. The summed E-state index contributed by atoms with van der Waals surface area (Å²) >= 11 is 0. The number of carbonyl (C=O) groups is 7. The molecule has 0 aliphatic rings. The number of hydrogen-bond acceptors (Lipinski definition) is 9. The van der Waals surface area contributed by atoms with Gasteiger partial charge in [0.1, 0.15) is 18.1 Å². The van der Waals surface area contributed by atoms with Gasteiger partial charge in [0.2, 0.25) is 17.7 Å². The number of H-pyrrole nitrogens is 1. The SMILES string of the molecule is NC(CC(=O)O)C(=O)NC(CCC(=O)O)C(=O)NC(Cc1cnc[nH]1)C(=O)NC(CC(=O)O)C(=O)O. The molecule has 1 aromatic heterocycles. The predicted molar refractivity (Wildman–Crippen MR) is 115 cm³/mol. The number of nitrogens with one attached hydrogen (secondary N) is 4. The van der Waals surface area contributed by atoms with E-state index in [0.29, 0.717) is 5.69 Å². The van der Waals surface area contributed by atoms with Gasteiger partial charge in [-0.3, -0.25) is 28.8 Å². The second-order valence-corrected chi connectivity index (χ2v) is 7.54. The Morgan fingerprint density at radius 3 is 1.86 bits per heavy atom. The molecule has 198 valence electrons. The van der Waals surface area contributed by atoms with Crippen molar-refractivity contribution in [3.63, 3.8) is 0 Å². The molecule has 0 saturated heterocycles. The number of carboxylic acid groups (broad SMARTS) is 4. The van der Waals surface area contributed by atoms with E-state index in [1.807, 2.05) is 5.32 Å². The van der Waals surface area contributed by atoms with E-state index in [0.717, 1.165) is 0 Å². The number of carboxylic acids is 4. The van der Waals surface area contributed by atoms with Gasteiger partial charge in [0.05, 0.1) is 25.2 Å². The van der Waals surface area contributed by atoms with Gasteiger partial charge in [-0.1, -0.05) is 0 Å². The maximum absolute atomic E-state index is 12.9. The van der Waals surface area contributed by atoms with Crippen molar-refractivity contribution in [2.75, 3.05) is 0 Å². The minimum absolute atomic E-state index is 0.269. The van der Waals surface area contributed by atoms with Gasteiger partial charge in [0.15, 0.2) is 0 Å². The van der Waals surface area contributed by atoms with Gasteiger partial charge in [-0.2, -0.15) is 0 Å². The number of nitrogens with two attached hydrogens (primary N) is 1. The third-order valence-corrected chi connectivity index (χ3v) is 4.62. The second kappa shape index (κ2) is 14.0. The van der Waals surface area contributed by atoms with E-state index in [1.165, 1.54) is 12.5 Å². The van der Waals surface area contributed by atoms with Crippen LogP contribution >= 0.6 is 0 Å². The Morgan fingerprint density at radius 2 is 1.36 bits per heavy atom. The first kappa shape index (κ1) is 29.5. The standard InChI is InChI=1S/C19H26N6O11/c20-9(4-14(28)29)16(32)23-10(1-2-13(26)27)17(33)24-11(3-8-6-21-7-22-8)18(34)25-12(19(35)36)5-15(30)31/h6-7,9-12H,1-5,20H2,(H,21,22)(H,23,32)(H,24,33)(H,25,34)(H,26,27)(H,28,29)(H,30,31)(H,35,36). The van der Waals surface area contributed by atoms with Crippen LogP contribution in [-0.2, 0) is 40.0 Å². The molecule has 4 atom stereocenters. The smallest absolute Gasteiger partial charge is 0.326 e. The van der Waals surface area contributed by atoms with Crippen molar-refractivity contribution in [1.82, 2.24) is 25.9 Å². The van der Waals surface area contributed by atoms with Crippen LogP contribution in [0.2, 0.25) is 0 Å². The van der Waals surface area contributed by atoms with Crippen molar-refractivity contribution in [2.24, 2.45) is 5.73 Å². The fourth-order valence-electron chi connectivity index (χ4n) is 2.84. The van der Waals surface area contributed by atoms with E-state index in [2.05, 4.69) is 20.6 Å². The third kappa shape index (κ3) is 10.6. The molecule has 0 aromatic carbocycles. The van der Waals surface area contributed by atoms with Gasteiger partial charge in [-0.15, -0.1) is 0 Å². The number of carbonyl (C=O) groups excluding carboxylic acids is 3. The van der Waals surface area contributed by atoms with Gasteiger partial charge in [0.25, 0.3) is 0 Å². The molecule has 1 aromatic rings. The van der Waals surface area contributed by atoms with Crippen molar-refractivity contribution in [3.8, 4) is 0 Å². The summed E-state index contributed by atoms with van der Waals surface area (Å²) in [5.41, 5.74) is 5.78. The molecule has 36 heavy (non-hydrogen) atoms. The molecule has 17 heteroatoms. The lowest BCUT2D eigenvalue weighted by Crippen LogP contribution is -2.58. The lowest BCUT2D eigenvalue weighted by atomic mass is 10.1. The molecule has 1 heterocycles. The Labute approximate surface area is 202 Å². The number of imidazole rings is 1. The van der Waals surface area contributed by atoms with E-state index >= 15 is 0 Å². The normalized spacial score (nSPS) is 13.9. The minimum atomic E-state index is -1.83. The molecule has 0 aliphatic heterocycles. The fraction of sp³-hybridized carbons (Fsp3) is 0.474.